The van der Waals surface area contributed by atoms with Gasteiger partial charge in [-0.3, -0.25) is 9.36 Å². The number of ether oxygens (including phenoxy) is 4. The number of esters is 1. The van der Waals surface area contributed by atoms with Crippen molar-refractivity contribution in [3.63, 3.8) is 0 Å². The molecule has 0 radical (unpaired) electrons. The van der Waals surface area contributed by atoms with Gasteiger partial charge in [0.1, 0.15) is 18.4 Å². The normalized spacial score (nSPS) is 14.6. The molecule has 0 saturated heterocycles. The van der Waals surface area contributed by atoms with Crippen molar-refractivity contribution in [2.75, 3.05) is 20.8 Å². The van der Waals surface area contributed by atoms with Gasteiger partial charge in [-0.15, -0.1) is 0 Å². The quantitative estimate of drug-likeness (QED) is 0.220. The number of halogens is 1. The zero-order valence-corrected chi connectivity index (χ0v) is 25.8. The Bertz CT molecular complexity index is 1860. The van der Waals surface area contributed by atoms with Gasteiger partial charge < -0.3 is 18.9 Å². The molecule has 43 heavy (non-hydrogen) atoms. The molecular weight excluding hydrogens is 588 g/mol. The number of aromatic nitrogens is 1. The van der Waals surface area contributed by atoms with Gasteiger partial charge in [-0.25, -0.2) is 9.79 Å². The molecule has 0 unspecified atom stereocenters. The van der Waals surface area contributed by atoms with Crippen LogP contribution in [0.15, 0.2) is 87.8 Å². The number of methoxy groups -OCH3 is 2. The van der Waals surface area contributed by atoms with E-state index < -0.39 is 12.0 Å². The highest BCUT2D eigenvalue weighted by Crippen LogP contribution is 2.37. The van der Waals surface area contributed by atoms with Gasteiger partial charge in [0.25, 0.3) is 5.56 Å². The number of hydrogen-bond donors (Lipinski definition) is 0. The van der Waals surface area contributed by atoms with E-state index in [1.165, 1.54) is 23.0 Å². The Hall–Kier alpha value is -4.34. The van der Waals surface area contributed by atoms with E-state index in [4.69, 9.17) is 30.5 Å². The maximum Gasteiger partial charge on any atom is 0.338 e. The number of fused-ring (bicyclic) bond motifs is 1. The third kappa shape index (κ3) is 6.23. The lowest BCUT2D eigenvalue weighted by atomic mass is 9.95. The van der Waals surface area contributed by atoms with E-state index in [1.807, 2.05) is 55.5 Å². The maximum absolute atomic E-state index is 14.1. The Morgan fingerprint density at radius 1 is 1.05 bits per heavy atom. The van der Waals surface area contributed by atoms with Crippen molar-refractivity contribution in [1.29, 1.82) is 0 Å². The summed E-state index contributed by atoms with van der Waals surface area (Å²) in [7, 11) is 2.86. The third-order valence-corrected chi connectivity index (χ3v) is 8.11. The van der Waals surface area contributed by atoms with Crippen LogP contribution in [0.25, 0.3) is 6.08 Å². The molecular formula is C33H31ClN2O6S. The number of carbonyl (C=O) groups is 1. The second-order valence-electron chi connectivity index (χ2n) is 9.76. The van der Waals surface area contributed by atoms with E-state index in [9.17, 15) is 9.59 Å². The summed E-state index contributed by atoms with van der Waals surface area (Å²) in [4.78, 5) is 32.3. The SMILES string of the molecule is CCCOc1ccc(Cl)cc1[C@H]1C(C(=O)OC)=C(C)N=c2s/c(=C\c3cccc(OCc4ccccc4)c3OC)c(=O)n21. The summed E-state index contributed by atoms with van der Waals surface area (Å²) in [5.74, 6) is 0.974. The molecule has 0 N–H and O–H groups in total. The van der Waals surface area contributed by atoms with Gasteiger partial charge >= 0.3 is 5.97 Å². The van der Waals surface area contributed by atoms with Gasteiger partial charge in [0.05, 0.1) is 36.6 Å². The first-order valence-corrected chi connectivity index (χ1v) is 14.9. The first-order chi connectivity index (χ1) is 20.9. The molecule has 0 amide bonds. The van der Waals surface area contributed by atoms with Crippen LogP contribution >= 0.6 is 22.9 Å². The molecule has 3 aromatic carbocycles. The van der Waals surface area contributed by atoms with E-state index >= 15 is 0 Å². The molecule has 0 aliphatic carbocycles. The van der Waals surface area contributed by atoms with E-state index in [0.717, 1.165) is 12.0 Å². The highest BCUT2D eigenvalue weighted by molar-refractivity contribution is 7.07. The number of allylic oxidation sites excluding steroid dienone is 1. The summed E-state index contributed by atoms with van der Waals surface area (Å²) in [6, 6.07) is 19.7. The molecule has 1 aliphatic rings. The largest absolute Gasteiger partial charge is 0.493 e. The van der Waals surface area contributed by atoms with Crippen LogP contribution in [0.5, 0.6) is 17.2 Å². The number of carbonyl (C=O) groups excluding carboxylic acids is 1. The van der Waals surface area contributed by atoms with Crippen molar-refractivity contribution in [1.82, 2.24) is 4.57 Å². The molecule has 10 heteroatoms. The standard InChI is InChI=1S/C33H31ClN2O6S/c1-5-16-41-25-15-14-23(34)18-24(25)29-28(32(38)40-4)20(2)35-33-36(29)31(37)27(43-33)17-22-12-9-13-26(30(22)39-3)42-19-21-10-7-6-8-11-21/h6-15,17-18,29H,5,16,19H2,1-4H3/b27-17-/t29-/m0/s1. The van der Waals surface area contributed by atoms with Crippen molar-refractivity contribution in [3.8, 4) is 17.2 Å². The molecule has 8 nitrogen and oxygen atoms in total. The molecule has 0 fully saturated rings. The minimum atomic E-state index is -0.862. The summed E-state index contributed by atoms with van der Waals surface area (Å²) in [5, 5.41) is 0.442. The first-order valence-electron chi connectivity index (χ1n) is 13.7. The van der Waals surface area contributed by atoms with E-state index in [2.05, 4.69) is 4.99 Å². The lowest BCUT2D eigenvalue weighted by Crippen LogP contribution is -2.40. The van der Waals surface area contributed by atoms with Crippen LogP contribution in [0.2, 0.25) is 5.02 Å². The Morgan fingerprint density at radius 2 is 1.84 bits per heavy atom. The third-order valence-electron chi connectivity index (χ3n) is 6.89. The number of nitrogens with zero attached hydrogens (tertiary/aromatic N) is 2. The average molecular weight is 619 g/mol. The van der Waals surface area contributed by atoms with Gasteiger partial charge in [-0.2, -0.15) is 0 Å². The fourth-order valence-corrected chi connectivity index (χ4v) is 6.14. The smallest absolute Gasteiger partial charge is 0.338 e. The van der Waals surface area contributed by atoms with Crippen LogP contribution in [-0.4, -0.2) is 31.4 Å². The van der Waals surface area contributed by atoms with Crippen molar-refractivity contribution >= 4 is 35.0 Å². The van der Waals surface area contributed by atoms with Crippen LogP contribution in [0, 0.1) is 0 Å². The van der Waals surface area contributed by atoms with Gasteiger partial charge in [0.15, 0.2) is 16.3 Å². The molecule has 2 heterocycles. The van der Waals surface area contributed by atoms with Crippen LogP contribution in [0.4, 0.5) is 0 Å². The summed E-state index contributed by atoms with van der Waals surface area (Å²) < 4.78 is 24.9. The summed E-state index contributed by atoms with van der Waals surface area (Å²) in [6.07, 6.45) is 2.53. The van der Waals surface area contributed by atoms with Crippen molar-refractivity contribution in [2.24, 2.45) is 4.99 Å². The van der Waals surface area contributed by atoms with E-state index in [1.54, 1.807) is 38.3 Å². The van der Waals surface area contributed by atoms with Crippen LogP contribution in [0.1, 0.15) is 43.0 Å². The lowest BCUT2D eigenvalue weighted by Gasteiger charge is -2.26. The van der Waals surface area contributed by atoms with E-state index in [0.29, 0.717) is 61.6 Å². The Labute approximate surface area is 258 Å². The van der Waals surface area contributed by atoms with Crippen LogP contribution in [-0.2, 0) is 16.1 Å². The topological polar surface area (TPSA) is 88.4 Å². The average Bonchev–Trinajstić information content (AvgIpc) is 3.32. The molecule has 0 bridgehead atoms. The summed E-state index contributed by atoms with van der Waals surface area (Å²) in [5.41, 5.74) is 2.59. The molecule has 222 valence electrons. The number of rotatable bonds is 10. The lowest BCUT2D eigenvalue weighted by molar-refractivity contribution is -0.136. The highest BCUT2D eigenvalue weighted by Gasteiger charge is 2.35. The van der Waals surface area contributed by atoms with E-state index in [-0.39, 0.29) is 11.1 Å². The van der Waals surface area contributed by atoms with Crippen molar-refractivity contribution in [2.45, 2.75) is 32.9 Å². The molecule has 1 aromatic heterocycles. The fourth-order valence-electron chi connectivity index (χ4n) is 4.92. The molecule has 0 spiro atoms. The molecule has 5 rings (SSSR count). The molecule has 0 saturated carbocycles. The number of hydrogen-bond acceptors (Lipinski definition) is 8. The summed E-state index contributed by atoms with van der Waals surface area (Å²) >= 11 is 7.65. The van der Waals surface area contributed by atoms with Crippen LogP contribution in [0.3, 0.4) is 0 Å². The number of benzene rings is 3. The predicted molar refractivity (Wildman–Crippen MR) is 167 cm³/mol. The molecule has 1 aliphatic heterocycles. The fraction of sp³-hybridized carbons (Fsp3) is 0.242. The molecule has 4 aromatic rings. The zero-order valence-electron chi connectivity index (χ0n) is 24.3. The highest BCUT2D eigenvalue weighted by atomic mass is 35.5. The predicted octanol–water partition coefficient (Wildman–Crippen LogP) is 5.44. The minimum Gasteiger partial charge on any atom is -0.493 e. The Balaban J connectivity index is 1.65. The van der Waals surface area contributed by atoms with Gasteiger partial charge in [-0.05, 0) is 49.2 Å². The monoisotopic (exact) mass is 618 g/mol. The van der Waals surface area contributed by atoms with Gasteiger partial charge in [0.2, 0.25) is 0 Å². The first kappa shape index (κ1) is 30.1. The van der Waals surface area contributed by atoms with Crippen LogP contribution < -0.4 is 29.1 Å². The van der Waals surface area contributed by atoms with Gasteiger partial charge in [0, 0.05) is 16.1 Å². The molecule has 1 atom stereocenters. The second kappa shape index (κ2) is 13.3. The Morgan fingerprint density at radius 3 is 2.56 bits per heavy atom. The van der Waals surface area contributed by atoms with Gasteiger partial charge in [-0.1, -0.05) is 72.3 Å². The maximum atomic E-state index is 14.1. The second-order valence-corrected chi connectivity index (χ2v) is 11.2. The summed E-state index contributed by atoms with van der Waals surface area (Å²) in [6.45, 7) is 4.54. The van der Waals surface area contributed by atoms with Crippen molar-refractivity contribution < 1.29 is 23.7 Å². The van der Waals surface area contributed by atoms with Crippen molar-refractivity contribution in [3.05, 3.63) is 119 Å². The Kier molecular flexibility index (Phi) is 9.33. The minimum absolute atomic E-state index is 0.235. The number of thiazole rings is 1. The zero-order chi connectivity index (χ0) is 30.5. The number of para-hydroxylation sites is 1.